The van der Waals surface area contributed by atoms with E-state index in [0.29, 0.717) is 6.04 Å². The summed E-state index contributed by atoms with van der Waals surface area (Å²) in [6, 6.07) is 0.374. The Morgan fingerprint density at radius 2 is 2.40 bits per heavy atom. The molecule has 0 bridgehead atoms. The number of aliphatic hydroxyl groups excluding tert-OH is 1. The molecule has 0 aromatic carbocycles. The lowest BCUT2D eigenvalue weighted by atomic mass is 9.99. The summed E-state index contributed by atoms with van der Waals surface area (Å²) >= 11 is 0. The van der Waals surface area contributed by atoms with Crippen molar-refractivity contribution >= 4 is 0 Å². The van der Waals surface area contributed by atoms with Crippen LogP contribution in [0.5, 0.6) is 0 Å². The number of aliphatic hydroxyl groups is 1. The zero-order valence-electron chi connectivity index (χ0n) is 6.64. The third-order valence-corrected chi connectivity index (χ3v) is 2.23. The van der Waals surface area contributed by atoms with Gasteiger partial charge in [-0.05, 0) is 25.8 Å². The molecule has 0 spiro atoms. The fourth-order valence-corrected chi connectivity index (χ4v) is 1.49. The second-order valence-corrected chi connectivity index (χ2v) is 3.03. The normalized spacial score (nSPS) is 30.0. The molecule has 1 unspecified atom stereocenters. The van der Waals surface area contributed by atoms with Gasteiger partial charge in [0, 0.05) is 6.04 Å². The van der Waals surface area contributed by atoms with Crippen LogP contribution in [0.15, 0.2) is 0 Å². The van der Waals surface area contributed by atoms with E-state index in [-0.39, 0.29) is 6.10 Å². The van der Waals surface area contributed by atoms with E-state index in [1.807, 2.05) is 6.92 Å². The van der Waals surface area contributed by atoms with Gasteiger partial charge in [-0.3, -0.25) is 0 Å². The van der Waals surface area contributed by atoms with Gasteiger partial charge in [0.15, 0.2) is 0 Å². The van der Waals surface area contributed by atoms with E-state index in [4.69, 9.17) is 0 Å². The molecular formula is C8H17NO. The van der Waals surface area contributed by atoms with Gasteiger partial charge in [0.25, 0.3) is 0 Å². The van der Waals surface area contributed by atoms with Gasteiger partial charge in [-0.25, -0.2) is 0 Å². The molecule has 0 saturated carbocycles. The quantitative estimate of drug-likeness (QED) is 0.602. The third kappa shape index (κ3) is 1.96. The van der Waals surface area contributed by atoms with Crippen LogP contribution >= 0.6 is 0 Å². The van der Waals surface area contributed by atoms with E-state index in [0.717, 1.165) is 19.4 Å². The summed E-state index contributed by atoms with van der Waals surface area (Å²) in [5.41, 5.74) is 0. The van der Waals surface area contributed by atoms with Crippen LogP contribution in [-0.2, 0) is 0 Å². The van der Waals surface area contributed by atoms with Gasteiger partial charge in [-0.2, -0.15) is 0 Å². The lowest BCUT2D eigenvalue weighted by Crippen LogP contribution is -2.42. The minimum atomic E-state index is -0.125. The molecule has 1 rings (SSSR count). The molecule has 60 valence electrons. The van der Waals surface area contributed by atoms with Crippen molar-refractivity contribution in [1.82, 2.24) is 5.32 Å². The fraction of sp³-hybridized carbons (Fsp3) is 1.00. The summed E-state index contributed by atoms with van der Waals surface area (Å²) in [6.45, 7) is 3.11. The van der Waals surface area contributed by atoms with Crippen molar-refractivity contribution < 1.29 is 5.11 Å². The van der Waals surface area contributed by atoms with Crippen LogP contribution in [0.4, 0.5) is 0 Å². The average Bonchev–Trinajstić information content (AvgIpc) is 2.05. The van der Waals surface area contributed by atoms with Crippen molar-refractivity contribution in [3.05, 3.63) is 0 Å². The first-order valence-electron chi connectivity index (χ1n) is 4.26. The van der Waals surface area contributed by atoms with Crippen LogP contribution in [0.3, 0.4) is 0 Å². The maximum atomic E-state index is 9.42. The van der Waals surface area contributed by atoms with Gasteiger partial charge in [0.05, 0.1) is 6.10 Å². The molecule has 0 aromatic rings. The number of rotatable bonds is 2. The Hall–Kier alpha value is -0.0800. The predicted octanol–water partition coefficient (Wildman–Crippen LogP) is 0.899. The molecule has 0 amide bonds. The van der Waals surface area contributed by atoms with Gasteiger partial charge in [0.1, 0.15) is 0 Å². The smallest absolute Gasteiger partial charge is 0.0690 e. The Labute approximate surface area is 62.6 Å². The predicted molar refractivity (Wildman–Crippen MR) is 41.9 cm³/mol. The lowest BCUT2D eigenvalue weighted by molar-refractivity contribution is 0.109. The second-order valence-electron chi connectivity index (χ2n) is 3.03. The molecule has 2 atom stereocenters. The molecule has 1 heterocycles. The Balaban J connectivity index is 2.24. The highest BCUT2D eigenvalue weighted by Gasteiger charge is 2.18. The molecule has 10 heavy (non-hydrogen) atoms. The van der Waals surface area contributed by atoms with Crippen LogP contribution in [0.25, 0.3) is 0 Å². The molecule has 0 radical (unpaired) electrons. The molecule has 1 fully saturated rings. The standard InChI is InChI=1S/C8H17NO/c1-2-8(10)7-5-3-4-6-9-7/h7-10H,2-6H2,1H3/t7?,8-/m1/s1. The van der Waals surface area contributed by atoms with Gasteiger partial charge in [0.2, 0.25) is 0 Å². The average molecular weight is 143 g/mol. The van der Waals surface area contributed by atoms with Crippen LogP contribution in [0, 0.1) is 0 Å². The zero-order valence-corrected chi connectivity index (χ0v) is 6.64. The van der Waals surface area contributed by atoms with E-state index in [2.05, 4.69) is 5.32 Å². The van der Waals surface area contributed by atoms with Crippen molar-refractivity contribution in [3.63, 3.8) is 0 Å². The maximum absolute atomic E-state index is 9.42. The summed E-state index contributed by atoms with van der Waals surface area (Å²) in [4.78, 5) is 0. The van der Waals surface area contributed by atoms with Crippen molar-refractivity contribution in [1.29, 1.82) is 0 Å². The first-order chi connectivity index (χ1) is 4.84. The van der Waals surface area contributed by atoms with Crippen LogP contribution in [0.1, 0.15) is 32.6 Å². The van der Waals surface area contributed by atoms with E-state index in [1.54, 1.807) is 0 Å². The zero-order chi connectivity index (χ0) is 7.40. The highest BCUT2D eigenvalue weighted by atomic mass is 16.3. The summed E-state index contributed by atoms with van der Waals surface area (Å²) in [5, 5.41) is 12.7. The lowest BCUT2D eigenvalue weighted by Gasteiger charge is -2.27. The van der Waals surface area contributed by atoms with Crippen LogP contribution < -0.4 is 5.32 Å². The molecule has 0 aliphatic carbocycles. The van der Waals surface area contributed by atoms with Crippen molar-refractivity contribution in [3.8, 4) is 0 Å². The summed E-state index contributed by atoms with van der Waals surface area (Å²) in [6.07, 6.45) is 4.44. The monoisotopic (exact) mass is 143 g/mol. The summed E-state index contributed by atoms with van der Waals surface area (Å²) < 4.78 is 0. The highest BCUT2D eigenvalue weighted by molar-refractivity contribution is 4.77. The van der Waals surface area contributed by atoms with Gasteiger partial charge in [-0.15, -0.1) is 0 Å². The highest BCUT2D eigenvalue weighted by Crippen LogP contribution is 2.11. The Morgan fingerprint density at radius 3 is 2.90 bits per heavy atom. The Morgan fingerprint density at radius 1 is 1.60 bits per heavy atom. The van der Waals surface area contributed by atoms with Crippen LogP contribution in [0.2, 0.25) is 0 Å². The Kier molecular flexibility index (Phi) is 3.16. The number of nitrogens with one attached hydrogen (secondary N) is 1. The second kappa shape index (κ2) is 3.94. The van der Waals surface area contributed by atoms with E-state index < -0.39 is 0 Å². The molecule has 2 N–H and O–H groups in total. The minimum Gasteiger partial charge on any atom is -0.392 e. The SMILES string of the molecule is CC[C@@H](O)C1CCCCN1. The van der Waals surface area contributed by atoms with Crippen molar-refractivity contribution in [2.24, 2.45) is 0 Å². The van der Waals surface area contributed by atoms with E-state index in [1.165, 1.54) is 12.8 Å². The molecule has 2 nitrogen and oxygen atoms in total. The summed E-state index contributed by atoms with van der Waals surface area (Å²) in [5.74, 6) is 0. The van der Waals surface area contributed by atoms with Crippen molar-refractivity contribution in [2.45, 2.75) is 44.8 Å². The van der Waals surface area contributed by atoms with Gasteiger partial charge < -0.3 is 10.4 Å². The fourth-order valence-electron chi connectivity index (χ4n) is 1.49. The molecular weight excluding hydrogens is 126 g/mol. The van der Waals surface area contributed by atoms with E-state index in [9.17, 15) is 5.11 Å². The van der Waals surface area contributed by atoms with Gasteiger partial charge >= 0.3 is 0 Å². The third-order valence-electron chi connectivity index (χ3n) is 2.23. The Bertz CT molecular complexity index is 89.3. The van der Waals surface area contributed by atoms with Crippen LogP contribution in [-0.4, -0.2) is 23.8 Å². The molecule has 0 aromatic heterocycles. The first-order valence-corrected chi connectivity index (χ1v) is 4.26. The molecule has 1 aliphatic rings. The number of hydrogen-bond acceptors (Lipinski definition) is 2. The van der Waals surface area contributed by atoms with E-state index >= 15 is 0 Å². The largest absolute Gasteiger partial charge is 0.392 e. The topological polar surface area (TPSA) is 32.3 Å². The number of hydrogen-bond donors (Lipinski definition) is 2. The number of piperidine rings is 1. The molecule has 1 aliphatic heterocycles. The first kappa shape index (κ1) is 8.02. The maximum Gasteiger partial charge on any atom is 0.0690 e. The van der Waals surface area contributed by atoms with Gasteiger partial charge in [-0.1, -0.05) is 13.3 Å². The molecule has 1 saturated heterocycles. The molecule has 2 heteroatoms. The van der Waals surface area contributed by atoms with Crippen molar-refractivity contribution in [2.75, 3.05) is 6.54 Å². The minimum absolute atomic E-state index is 0.125. The summed E-state index contributed by atoms with van der Waals surface area (Å²) in [7, 11) is 0.